The van der Waals surface area contributed by atoms with Gasteiger partial charge >= 0.3 is 6.09 Å². The van der Waals surface area contributed by atoms with E-state index in [4.69, 9.17) is 9.72 Å². The summed E-state index contributed by atoms with van der Waals surface area (Å²) in [4.78, 5) is 19.5. The summed E-state index contributed by atoms with van der Waals surface area (Å²) in [5, 5.41) is 7.86. The number of halogens is 1. The molecule has 4 aromatic rings. The van der Waals surface area contributed by atoms with E-state index < -0.39 is 9.84 Å². The Bertz CT molecular complexity index is 1530. The number of benzene rings is 2. The lowest BCUT2D eigenvalue weighted by Gasteiger charge is -2.31. The lowest BCUT2D eigenvalue weighted by Crippen LogP contribution is -2.38. The molecule has 0 radical (unpaired) electrons. The van der Waals surface area contributed by atoms with Crippen molar-refractivity contribution in [3.63, 3.8) is 0 Å². The van der Waals surface area contributed by atoms with E-state index in [-0.39, 0.29) is 18.6 Å². The molecular weight excluding hydrogens is 570 g/mol. The first-order valence-corrected chi connectivity index (χ1v) is 15.0. The number of likely N-dealkylation sites (tertiary alicyclic amines) is 1. The van der Waals surface area contributed by atoms with E-state index in [9.17, 15) is 13.2 Å². The molecule has 1 amide bonds. The van der Waals surface area contributed by atoms with Crippen LogP contribution < -0.4 is 5.32 Å². The highest BCUT2D eigenvalue weighted by Gasteiger charge is 2.27. The number of fused-ring (bicyclic) bond motifs is 1. The van der Waals surface area contributed by atoms with E-state index in [1.54, 1.807) is 39.9 Å². The van der Waals surface area contributed by atoms with Crippen molar-refractivity contribution in [2.24, 2.45) is 0 Å². The standard InChI is InChI=1S/C27H28BrN5O4S/c1-38(35,36)22-9-7-19(8-10-22)16-29-25-15-24(31-26-23(28)17-30-33(25)26)21-11-13-32(14-12-21)27(34)37-18-20-5-3-2-4-6-20/h2-10,15,17,21,29H,11-14,16,18H2,1H3. The van der Waals surface area contributed by atoms with Gasteiger partial charge in [-0.05, 0) is 52.0 Å². The fraction of sp³-hybridized carbons (Fsp3) is 0.296. The summed E-state index contributed by atoms with van der Waals surface area (Å²) < 4.78 is 31.5. The van der Waals surface area contributed by atoms with Crippen molar-refractivity contribution < 1.29 is 17.9 Å². The number of ether oxygens (including phenoxy) is 1. The Labute approximate surface area is 229 Å². The van der Waals surface area contributed by atoms with Gasteiger partial charge in [0.25, 0.3) is 0 Å². The maximum Gasteiger partial charge on any atom is 0.410 e. The molecule has 1 aliphatic heterocycles. The first-order valence-electron chi connectivity index (χ1n) is 12.3. The van der Waals surface area contributed by atoms with E-state index in [2.05, 4.69) is 26.3 Å². The van der Waals surface area contributed by atoms with Crippen LogP contribution in [0, 0.1) is 0 Å². The average Bonchev–Trinajstić information content (AvgIpc) is 3.31. The maximum atomic E-state index is 12.6. The first kappa shape index (κ1) is 26.2. The van der Waals surface area contributed by atoms with Crippen molar-refractivity contribution >= 4 is 43.3 Å². The second kappa shape index (κ2) is 11.1. The van der Waals surface area contributed by atoms with E-state index in [1.165, 1.54) is 6.26 Å². The average molecular weight is 599 g/mol. The topological polar surface area (TPSA) is 106 Å². The van der Waals surface area contributed by atoms with Crippen molar-refractivity contribution in [1.29, 1.82) is 0 Å². The number of nitrogens with one attached hydrogen (secondary N) is 1. The fourth-order valence-electron chi connectivity index (χ4n) is 4.51. The fourth-order valence-corrected chi connectivity index (χ4v) is 5.48. The highest BCUT2D eigenvalue weighted by Crippen LogP contribution is 2.31. The smallest absolute Gasteiger partial charge is 0.410 e. The van der Waals surface area contributed by atoms with Gasteiger partial charge in [-0.1, -0.05) is 42.5 Å². The number of carbonyl (C=O) groups excluding carboxylic acids is 1. The van der Waals surface area contributed by atoms with Gasteiger partial charge in [-0.2, -0.15) is 9.61 Å². The Morgan fingerprint density at radius 1 is 1.08 bits per heavy atom. The Kier molecular flexibility index (Phi) is 7.66. The molecule has 38 heavy (non-hydrogen) atoms. The SMILES string of the molecule is CS(=O)(=O)c1ccc(CNc2cc(C3CCN(C(=O)OCc4ccccc4)CC3)nc3c(Br)cnn23)cc1. The Morgan fingerprint density at radius 2 is 1.79 bits per heavy atom. The molecule has 0 saturated carbocycles. The number of piperidine rings is 1. The van der Waals surface area contributed by atoms with Crippen molar-refractivity contribution in [1.82, 2.24) is 19.5 Å². The number of amides is 1. The van der Waals surface area contributed by atoms with Gasteiger partial charge in [0.15, 0.2) is 15.5 Å². The van der Waals surface area contributed by atoms with Crippen LogP contribution in [0.15, 0.2) is 76.2 Å². The number of carbonyl (C=O) groups is 1. The van der Waals surface area contributed by atoms with Crippen LogP contribution in [0.1, 0.15) is 35.6 Å². The third-order valence-corrected chi connectivity index (χ3v) is 8.34. The molecule has 1 saturated heterocycles. The number of anilines is 1. The number of rotatable bonds is 7. The van der Waals surface area contributed by atoms with Crippen LogP contribution >= 0.6 is 15.9 Å². The van der Waals surface area contributed by atoms with Crippen LogP contribution in [0.3, 0.4) is 0 Å². The quantitative estimate of drug-likeness (QED) is 0.318. The summed E-state index contributed by atoms with van der Waals surface area (Å²) in [6.45, 7) is 1.95. The lowest BCUT2D eigenvalue weighted by molar-refractivity contribution is 0.0868. The molecule has 1 N–H and O–H groups in total. The molecule has 1 fully saturated rings. The molecular formula is C27H28BrN5O4S. The second-order valence-electron chi connectivity index (χ2n) is 9.37. The largest absolute Gasteiger partial charge is 0.445 e. The highest BCUT2D eigenvalue weighted by atomic mass is 79.9. The third kappa shape index (κ3) is 5.99. The highest BCUT2D eigenvalue weighted by molar-refractivity contribution is 9.10. The van der Waals surface area contributed by atoms with Gasteiger partial charge in [0.05, 0.1) is 15.6 Å². The van der Waals surface area contributed by atoms with Crippen molar-refractivity contribution in [2.45, 2.75) is 36.8 Å². The van der Waals surface area contributed by atoms with Crippen LogP contribution in [-0.2, 0) is 27.7 Å². The third-order valence-electron chi connectivity index (χ3n) is 6.65. The Balaban J connectivity index is 1.25. The summed E-state index contributed by atoms with van der Waals surface area (Å²) in [5.74, 6) is 0.974. The van der Waals surface area contributed by atoms with Gasteiger partial charge in [0.2, 0.25) is 0 Å². The van der Waals surface area contributed by atoms with Gasteiger partial charge in [0, 0.05) is 43.6 Å². The molecule has 2 aromatic carbocycles. The van der Waals surface area contributed by atoms with Crippen LogP contribution in [0.25, 0.3) is 5.65 Å². The first-order chi connectivity index (χ1) is 18.3. The zero-order valence-corrected chi connectivity index (χ0v) is 23.3. The van der Waals surface area contributed by atoms with Gasteiger partial charge in [-0.25, -0.2) is 18.2 Å². The summed E-state index contributed by atoms with van der Waals surface area (Å²) >= 11 is 3.55. The van der Waals surface area contributed by atoms with Crippen LogP contribution in [0.5, 0.6) is 0 Å². The second-order valence-corrected chi connectivity index (χ2v) is 12.2. The van der Waals surface area contributed by atoms with Crippen LogP contribution in [0.4, 0.5) is 10.6 Å². The number of hydrogen-bond acceptors (Lipinski definition) is 7. The molecule has 11 heteroatoms. The number of aromatic nitrogens is 3. The molecule has 0 aliphatic carbocycles. The molecule has 2 aromatic heterocycles. The van der Waals surface area contributed by atoms with E-state index in [0.29, 0.717) is 30.2 Å². The van der Waals surface area contributed by atoms with Crippen LogP contribution in [-0.4, -0.2) is 53.4 Å². The Hall–Kier alpha value is -3.44. The van der Waals surface area contributed by atoms with Crippen molar-refractivity contribution in [2.75, 3.05) is 24.7 Å². The molecule has 0 unspecified atom stereocenters. The van der Waals surface area contributed by atoms with Crippen LogP contribution in [0.2, 0.25) is 0 Å². The van der Waals surface area contributed by atoms with E-state index in [1.807, 2.05) is 36.4 Å². The minimum absolute atomic E-state index is 0.189. The van der Waals surface area contributed by atoms with E-state index >= 15 is 0 Å². The van der Waals surface area contributed by atoms with Gasteiger partial charge in [0.1, 0.15) is 12.4 Å². The molecule has 0 atom stereocenters. The monoisotopic (exact) mass is 597 g/mol. The van der Waals surface area contributed by atoms with Crippen molar-refractivity contribution in [3.8, 4) is 0 Å². The maximum absolute atomic E-state index is 12.6. The molecule has 0 bridgehead atoms. The zero-order chi connectivity index (χ0) is 26.7. The van der Waals surface area contributed by atoms with Gasteiger partial charge in [-0.3, -0.25) is 0 Å². The number of hydrogen-bond donors (Lipinski definition) is 1. The minimum atomic E-state index is -3.24. The van der Waals surface area contributed by atoms with E-state index in [0.717, 1.165) is 40.0 Å². The predicted octanol–water partition coefficient (Wildman–Crippen LogP) is 5.02. The number of sulfone groups is 1. The summed E-state index contributed by atoms with van der Waals surface area (Å²) in [7, 11) is -3.24. The summed E-state index contributed by atoms with van der Waals surface area (Å²) in [6.07, 6.45) is 4.18. The molecule has 9 nitrogen and oxygen atoms in total. The summed E-state index contributed by atoms with van der Waals surface area (Å²) in [5.41, 5.74) is 3.55. The van der Waals surface area contributed by atoms with Gasteiger partial charge < -0.3 is 15.0 Å². The molecule has 1 aliphatic rings. The normalized spacial score (nSPS) is 14.5. The molecule has 198 valence electrons. The summed E-state index contributed by atoms with van der Waals surface area (Å²) in [6, 6.07) is 18.5. The predicted molar refractivity (Wildman–Crippen MR) is 148 cm³/mol. The minimum Gasteiger partial charge on any atom is -0.445 e. The number of nitrogens with zero attached hydrogens (tertiary/aromatic N) is 4. The zero-order valence-electron chi connectivity index (χ0n) is 20.9. The van der Waals surface area contributed by atoms with Gasteiger partial charge in [-0.15, -0.1) is 0 Å². The molecule has 5 rings (SSSR count). The molecule has 0 spiro atoms. The molecule has 3 heterocycles. The van der Waals surface area contributed by atoms with Crippen molar-refractivity contribution in [3.05, 3.63) is 88.2 Å². The lowest BCUT2D eigenvalue weighted by atomic mass is 9.93. The Morgan fingerprint density at radius 3 is 2.47 bits per heavy atom.